The van der Waals surface area contributed by atoms with Gasteiger partial charge in [-0.05, 0) is 20.8 Å². The van der Waals surface area contributed by atoms with E-state index in [1.165, 1.54) is 12.0 Å². The summed E-state index contributed by atoms with van der Waals surface area (Å²) in [6.45, 7) is 5.31. The molecule has 2 atom stereocenters. The van der Waals surface area contributed by atoms with Gasteiger partial charge in [0, 0.05) is 27.8 Å². The van der Waals surface area contributed by atoms with Crippen molar-refractivity contribution in [2.45, 2.75) is 44.9 Å². The molecular formula is C11H19Cl2NO6S. The van der Waals surface area contributed by atoms with Gasteiger partial charge in [-0.3, -0.25) is 4.90 Å². The van der Waals surface area contributed by atoms with E-state index >= 15 is 0 Å². The number of nitrogens with zero attached hydrogens (tertiary/aromatic N) is 1. The second-order valence-corrected chi connectivity index (χ2v) is 7.77. The van der Waals surface area contributed by atoms with E-state index in [1.54, 1.807) is 20.8 Å². The Hall–Kier alpha value is -0.570. The van der Waals surface area contributed by atoms with Crippen LogP contribution in [0.25, 0.3) is 0 Å². The molecule has 0 unspecified atom stereocenters. The van der Waals surface area contributed by atoms with Crippen molar-refractivity contribution in [1.29, 1.82) is 0 Å². The Labute approximate surface area is 134 Å². The van der Waals surface area contributed by atoms with Crippen molar-refractivity contribution < 1.29 is 28.4 Å². The summed E-state index contributed by atoms with van der Waals surface area (Å²) in [6.07, 6.45) is -1.14. The largest absolute Gasteiger partial charge is 0.467 e. The van der Waals surface area contributed by atoms with E-state index in [0.717, 1.165) is 0 Å². The molecule has 0 aromatic heterocycles. The van der Waals surface area contributed by atoms with Crippen LogP contribution in [0.2, 0.25) is 0 Å². The van der Waals surface area contributed by atoms with Gasteiger partial charge < -0.3 is 14.6 Å². The Morgan fingerprint density at radius 2 is 1.81 bits per heavy atom. The maximum absolute atomic E-state index is 11.8. The van der Waals surface area contributed by atoms with Crippen LogP contribution < -0.4 is 0 Å². The lowest BCUT2D eigenvalue weighted by molar-refractivity contribution is -0.145. The third kappa shape index (κ3) is 8.45. The van der Waals surface area contributed by atoms with Crippen molar-refractivity contribution in [1.82, 2.24) is 4.90 Å². The predicted molar refractivity (Wildman–Crippen MR) is 79.2 cm³/mol. The van der Waals surface area contributed by atoms with Crippen LogP contribution in [-0.4, -0.2) is 57.7 Å². The second kappa shape index (κ2) is 8.77. The molecule has 21 heavy (non-hydrogen) atoms. The van der Waals surface area contributed by atoms with Crippen molar-refractivity contribution in [3.63, 3.8) is 0 Å². The molecular weight excluding hydrogens is 345 g/mol. The van der Waals surface area contributed by atoms with Gasteiger partial charge in [-0.2, -0.15) is 0 Å². The maximum atomic E-state index is 11.8. The highest BCUT2D eigenvalue weighted by Crippen LogP contribution is 2.22. The lowest BCUT2D eigenvalue weighted by atomic mass is 10.2. The van der Waals surface area contributed by atoms with Crippen LogP contribution in [0.4, 0.5) is 4.79 Å². The summed E-state index contributed by atoms with van der Waals surface area (Å²) in [7, 11) is 8.61. The normalized spacial score (nSPS) is 21.6. The first kappa shape index (κ1) is 20.4. The van der Waals surface area contributed by atoms with Gasteiger partial charge in [0.25, 0.3) is 0 Å². The number of hydrogen-bond acceptors (Lipinski definition) is 6. The number of halogens is 2. The van der Waals surface area contributed by atoms with Crippen LogP contribution >= 0.6 is 21.4 Å². The van der Waals surface area contributed by atoms with E-state index in [9.17, 15) is 14.7 Å². The number of hydrogen-bond donors (Lipinski definition) is 1. The molecule has 0 saturated carbocycles. The molecule has 124 valence electrons. The highest BCUT2D eigenvalue weighted by Gasteiger charge is 2.41. The fourth-order valence-corrected chi connectivity index (χ4v) is 1.70. The summed E-state index contributed by atoms with van der Waals surface area (Å²) in [5, 5.41) is 9.50. The van der Waals surface area contributed by atoms with E-state index < -0.39 is 39.0 Å². The van der Waals surface area contributed by atoms with Crippen LogP contribution in [0.1, 0.15) is 27.2 Å². The molecule has 10 heteroatoms. The summed E-state index contributed by atoms with van der Waals surface area (Å²) in [5.74, 6) is -0.535. The molecule has 1 aliphatic rings. The van der Waals surface area contributed by atoms with Crippen molar-refractivity contribution in [2.24, 2.45) is 0 Å². The number of amides is 1. The molecule has 1 heterocycles. The Kier molecular flexibility index (Phi) is 8.53. The van der Waals surface area contributed by atoms with Crippen LogP contribution in [0.15, 0.2) is 0 Å². The molecule has 0 aromatic carbocycles. The first-order valence-corrected chi connectivity index (χ1v) is 8.78. The van der Waals surface area contributed by atoms with Gasteiger partial charge in [-0.1, -0.05) is 0 Å². The molecule has 1 saturated heterocycles. The number of esters is 1. The zero-order chi connectivity index (χ0) is 16.8. The number of aliphatic hydroxyl groups excluding tert-OH is 1. The van der Waals surface area contributed by atoms with E-state index in [4.69, 9.17) is 8.95 Å². The summed E-state index contributed by atoms with van der Waals surface area (Å²) >= 11 is 0. The minimum absolute atomic E-state index is 0.0919. The first-order chi connectivity index (χ1) is 9.47. The fourth-order valence-electron chi connectivity index (χ4n) is 1.70. The number of β-amino-alcohol motifs (C(OH)–C–C–N with tert-alkyl or cyclic N) is 1. The lowest BCUT2D eigenvalue weighted by Crippen LogP contribution is -2.43. The zero-order valence-electron chi connectivity index (χ0n) is 12.2. The van der Waals surface area contributed by atoms with E-state index in [2.05, 4.69) is 26.1 Å². The summed E-state index contributed by atoms with van der Waals surface area (Å²) in [6, 6.07) is -0.759. The van der Waals surface area contributed by atoms with Gasteiger partial charge in [0.05, 0.1) is 19.8 Å². The van der Waals surface area contributed by atoms with Gasteiger partial charge >= 0.3 is 12.1 Å². The van der Waals surface area contributed by atoms with Gasteiger partial charge in [0.2, 0.25) is 9.23 Å². The molecule has 0 bridgehead atoms. The second-order valence-electron chi connectivity index (χ2n) is 5.25. The summed E-state index contributed by atoms with van der Waals surface area (Å²) < 4.78 is 18.8. The lowest BCUT2D eigenvalue weighted by Gasteiger charge is -2.27. The number of carbonyl (C=O) groups is 2. The molecule has 1 rings (SSSR count). The summed E-state index contributed by atoms with van der Waals surface area (Å²) in [4.78, 5) is 24.5. The van der Waals surface area contributed by atoms with Crippen molar-refractivity contribution >= 4 is 42.7 Å². The van der Waals surface area contributed by atoms with Gasteiger partial charge in [-0.25, -0.2) is 13.8 Å². The third-order valence-electron chi connectivity index (χ3n) is 2.38. The highest BCUT2D eigenvalue weighted by molar-refractivity contribution is 8.26. The molecule has 1 aliphatic heterocycles. The average Bonchev–Trinajstić information content (AvgIpc) is 2.67. The van der Waals surface area contributed by atoms with Gasteiger partial charge in [-0.15, -0.1) is 0 Å². The number of likely N-dealkylation sites (tertiary alicyclic amines) is 1. The van der Waals surface area contributed by atoms with Crippen LogP contribution in [-0.2, 0) is 23.5 Å². The Morgan fingerprint density at radius 1 is 1.33 bits per heavy atom. The third-order valence-corrected chi connectivity index (χ3v) is 2.38. The molecule has 1 N–H and O–H groups in total. The maximum Gasteiger partial charge on any atom is 0.411 e. The highest BCUT2D eigenvalue weighted by atomic mass is 36.0. The van der Waals surface area contributed by atoms with Gasteiger partial charge in [0.1, 0.15) is 11.6 Å². The SMILES string of the molecule is COC(=O)[C@H]1C[C@@H](O)CN1C(=O)OC(C)(C)C.O=S(Cl)Cl. The topological polar surface area (TPSA) is 93.1 Å². The van der Waals surface area contributed by atoms with E-state index in [0.29, 0.717) is 0 Å². The zero-order valence-corrected chi connectivity index (χ0v) is 14.5. The molecule has 0 radical (unpaired) electrons. The van der Waals surface area contributed by atoms with Crippen molar-refractivity contribution in [2.75, 3.05) is 13.7 Å². The molecule has 0 spiro atoms. The van der Waals surface area contributed by atoms with Crippen molar-refractivity contribution in [3.05, 3.63) is 0 Å². The van der Waals surface area contributed by atoms with Crippen LogP contribution in [0.5, 0.6) is 0 Å². The minimum atomic E-state index is -1.67. The fraction of sp³-hybridized carbons (Fsp3) is 0.818. The van der Waals surface area contributed by atoms with Gasteiger partial charge in [0.15, 0.2) is 0 Å². The first-order valence-electron chi connectivity index (χ1n) is 5.97. The predicted octanol–water partition coefficient (Wildman–Crippen LogP) is 1.57. The van der Waals surface area contributed by atoms with Crippen molar-refractivity contribution in [3.8, 4) is 0 Å². The monoisotopic (exact) mass is 363 g/mol. The Bertz CT molecular complexity index is 397. The molecule has 0 aromatic rings. The number of aliphatic hydroxyl groups is 1. The number of carbonyl (C=O) groups excluding carboxylic acids is 2. The molecule has 1 amide bonds. The minimum Gasteiger partial charge on any atom is -0.467 e. The number of methoxy groups -OCH3 is 1. The number of rotatable bonds is 1. The smallest absolute Gasteiger partial charge is 0.411 e. The molecule has 1 fully saturated rings. The van der Waals surface area contributed by atoms with Crippen LogP contribution in [0, 0.1) is 0 Å². The quantitative estimate of drug-likeness (QED) is 0.561. The van der Waals surface area contributed by atoms with E-state index in [1.807, 2.05) is 0 Å². The summed E-state index contributed by atoms with van der Waals surface area (Å²) in [5.41, 5.74) is -0.634. The molecule has 0 aliphatic carbocycles. The standard InChI is InChI=1S/C11H19NO5.Cl2OS/c1-11(2,3)17-10(15)12-6-7(13)5-8(12)9(14)16-4;1-4(2)3/h7-8,13H,5-6H2,1-4H3;/t7-,8-;/m1./s1. The Morgan fingerprint density at radius 3 is 2.19 bits per heavy atom. The number of ether oxygens (including phenoxy) is 2. The molecule has 7 nitrogen and oxygen atoms in total. The van der Waals surface area contributed by atoms with E-state index in [-0.39, 0.29) is 13.0 Å². The Balaban J connectivity index is 0.000000885. The van der Waals surface area contributed by atoms with Crippen LogP contribution in [0.3, 0.4) is 0 Å². The average molecular weight is 364 g/mol.